The van der Waals surface area contributed by atoms with Crippen LogP contribution < -0.4 is 15.4 Å². The second-order valence-corrected chi connectivity index (χ2v) is 5.78. The van der Waals surface area contributed by atoms with Crippen molar-refractivity contribution in [1.82, 2.24) is 20.6 Å². The molecule has 0 spiro atoms. The third kappa shape index (κ3) is 4.52. The Bertz CT molecular complexity index is 657. The van der Waals surface area contributed by atoms with E-state index in [0.717, 1.165) is 37.9 Å². The SMILES string of the molecule is O=C(NCCc1ccncc1)c1cccnc1OC1CCNCC1. The number of aromatic nitrogens is 2. The highest BCUT2D eigenvalue weighted by atomic mass is 16.5. The van der Waals surface area contributed by atoms with Gasteiger partial charge in [0, 0.05) is 25.1 Å². The average molecular weight is 326 g/mol. The largest absolute Gasteiger partial charge is 0.474 e. The minimum atomic E-state index is -0.152. The van der Waals surface area contributed by atoms with Gasteiger partial charge >= 0.3 is 0 Å². The molecule has 2 N–H and O–H groups in total. The molecule has 2 aromatic heterocycles. The van der Waals surface area contributed by atoms with E-state index in [9.17, 15) is 4.79 Å². The smallest absolute Gasteiger partial charge is 0.256 e. The van der Waals surface area contributed by atoms with Crippen LogP contribution >= 0.6 is 0 Å². The van der Waals surface area contributed by atoms with Crippen LogP contribution in [0.4, 0.5) is 0 Å². The van der Waals surface area contributed by atoms with Gasteiger partial charge in [0.05, 0.1) is 0 Å². The summed E-state index contributed by atoms with van der Waals surface area (Å²) in [6.07, 6.45) is 7.90. The van der Waals surface area contributed by atoms with Crippen molar-refractivity contribution in [3.8, 4) is 5.88 Å². The lowest BCUT2D eigenvalue weighted by atomic mass is 10.1. The Kier molecular flexibility index (Phi) is 5.74. The van der Waals surface area contributed by atoms with E-state index in [1.54, 1.807) is 30.7 Å². The van der Waals surface area contributed by atoms with Crippen molar-refractivity contribution in [2.45, 2.75) is 25.4 Å². The first-order valence-electron chi connectivity index (χ1n) is 8.32. The molecule has 1 fully saturated rings. The highest BCUT2D eigenvalue weighted by Crippen LogP contribution is 2.19. The minimum Gasteiger partial charge on any atom is -0.474 e. The van der Waals surface area contributed by atoms with Gasteiger partial charge < -0.3 is 15.4 Å². The Morgan fingerprint density at radius 2 is 2.00 bits per heavy atom. The van der Waals surface area contributed by atoms with Crippen molar-refractivity contribution < 1.29 is 9.53 Å². The van der Waals surface area contributed by atoms with Gasteiger partial charge in [-0.2, -0.15) is 0 Å². The number of nitrogens with zero attached hydrogens (tertiary/aromatic N) is 2. The lowest BCUT2D eigenvalue weighted by Gasteiger charge is -2.24. The summed E-state index contributed by atoms with van der Waals surface area (Å²) in [6.45, 7) is 2.43. The summed E-state index contributed by atoms with van der Waals surface area (Å²) in [5.74, 6) is 0.270. The molecule has 1 saturated heterocycles. The van der Waals surface area contributed by atoms with Gasteiger partial charge in [-0.1, -0.05) is 0 Å². The molecule has 0 radical (unpaired) electrons. The highest BCUT2D eigenvalue weighted by molar-refractivity contribution is 5.96. The number of hydrogen-bond donors (Lipinski definition) is 2. The molecular formula is C18H22N4O2. The molecule has 0 unspecified atom stereocenters. The molecule has 1 amide bonds. The number of amides is 1. The maximum atomic E-state index is 12.4. The average Bonchev–Trinajstić information content (AvgIpc) is 2.64. The summed E-state index contributed by atoms with van der Waals surface area (Å²) < 4.78 is 5.95. The molecular weight excluding hydrogens is 304 g/mol. The molecule has 0 aromatic carbocycles. The Labute approximate surface area is 141 Å². The predicted molar refractivity (Wildman–Crippen MR) is 91.0 cm³/mol. The van der Waals surface area contributed by atoms with Gasteiger partial charge in [-0.15, -0.1) is 0 Å². The van der Waals surface area contributed by atoms with Crippen molar-refractivity contribution in [1.29, 1.82) is 0 Å². The van der Waals surface area contributed by atoms with Crippen LogP contribution in [0, 0.1) is 0 Å². The molecule has 24 heavy (non-hydrogen) atoms. The fourth-order valence-corrected chi connectivity index (χ4v) is 2.69. The van der Waals surface area contributed by atoms with Crippen LogP contribution in [0.15, 0.2) is 42.9 Å². The summed E-state index contributed by atoms with van der Waals surface area (Å²) >= 11 is 0. The van der Waals surface area contributed by atoms with E-state index in [2.05, 4.69) is 20.6 Å². The van der Waals surface area contributed by atoms with Gasteiger partial charge in [0.25, 0.3) is 5.91 Å². The molecule has 6 nitrogen and oxygen atoms in total. The van der Waals surface area contributed by atoms with E-state index < -0.39 is 0 Å². The first kappa shape index (κ1) is 16.4. The summed E-state index contributed by atoms with van der Waals surface area (Å²) in [7, 11) is 0. The van der Waals surface area contributed by atoms with Crippen LogP contribution in [0.5, 0.6) is 5.88 Å². The number of pyridine rings is 2. The number of carbonyl (C=O) groups excluding carboxylic acids is 1. The molecule has 3 heterocycles. The van der Waals surface area contributed by atoms with Gasteiger partial charge in [0.2, 0.25) is 5.88 Å². The van der Waals surface area contributed by atoms with E-state index >= 15 is 0 Å². The molecule has 1 aliphatic heterocycles. The number of nitrogens with one attached hydrogen (secondary N) is 2. The van der Waals surface area contributed by atoms with Gasteiger partial charge in [-0.05, 0) is 62.2 Å². The lowest BCUT2D eigenvalue weighted by Crippen LogP contribution is -2.35. The number of piperidine rings is 1. The van der Waals surface area contributed by atoms with Gasteiger partial charge in [-0.3, -0.25) is 9.78 Å². The number of rotatable bonds is 6. The topological polar surface area (TPSA) is 76.1 Å². The Hall–Kier alpha value is -2.47. The first-order chi connectivity index (χ1) is 11.8. The zero-order valence-electron chi connectivity index (χ0n) is 13.6. The van der Waals surface area contributed by atoms with Crippen LogP contribution in [-0.2, 0) is 6.42 Å². The number of carbonyl (C=O) groups is 1. The fourth-order valence-electron chi connectivity index (χ4n) is 2.69. The third-order valence-corrected chi connectivity index (χ3v) is 4.03. The normalized spacial score (nSPS) is 15.0. The van der Waals surface area contributed by atoms with Crippen molar-refractivity contribution in [3.63, 3.8) is 0 Å². The number of ether oxygens (including phenoxy) is 1. The zero-order chi connectivity index (χ0) is 16.6. The summed E-state index contributed by atoms with van der Waals surface area (Å²) in [5, 5.41) is 6.23. The Morgan fingerprint density at radius 1 is 1.21 bits per heavy atom. The molecule has 126 valence electrons. The second kappa shape index (κ2) is 8.40. The monoisotopic (exact) mass is 326 g/mol. The number of hydrogen-bond acceptors (Lipinski definition) is 5. The van der Waals surface area contributed by atoms with E-state index in [0.29, 0.717) is 18.0 Å². The Balaban J connectivity index is 1.57. The molecule has 6 heteroatoms. The van der Waals surface area contributed by atoms with Crippen molar-refractivity contribution in [2.75, 3.05) is 19.6 Å². The van der Waals surface area contributed by atoms with Crippen LogP contribution in [0.25, 0.3) is 0 Å². The van der Waals surface area contributed by atoms with Crippen LogP contribution in [0.3, 0.4) is 0 Å². The standard InChI is InChI=1S/C18H22N4O2/c23-17(21-13-5-14-3-9-19-10-4-14)16-2-1-8-22-18(16)24-15-6-11-20-12-7-15/h1-4,8-10,15,20H,5-7,11-13H2,(H,21,23). The van der Waals surface area contributed by atoms with Crippen LogP contribution in [0.2, 0.25) is 0 Å². The van der Waals surface area contributed by atoms with Gasteiger partial charge in [0.1, 0.15) is 11.7 Å². The van der Waals surface area contributed by atoms with E-state index in [4.69, 9.17) is 4.74 Å². The van der Waals surface area contributed by atoms with Crippen LogP contribution in [-0.4, -0.2) is 41.6 Å². The molecule has 0 bridgehead atoms. The summed E-state index contributed by atoms with van der Waals surface area (Å²) in [5.41, 5.74) is 1.63. The Morgan fingerprint density at radius 3 is 2.79 bits per heavy atom. The maximum Gasteiger partial charge on any atom is 0.256 e. The van der Waals surface area contributed by atoms with Gasteiger partial charge in [-0.25, -0.2) is 4.98 Å². The van der Waals surface area contributed by atoms with Crippen molar-refractivity contribution >= 4 is 5.91 Å². The molecule has 0 aliphatic carbocycles. The maximum absolute atomic E-state index is 12.4. The first-order valence-corrected chi connectivity index (χ1v) is 8.32. The fraction of sp³-hybridized carbons (Fsp3) is 0.389. The molecule has 0 saturated carbocycles. The van der Waals surface area contributed by atoms with E-state index in [1.165, 1.54) is 0 Å². The van der Waals surface area contributed by atoms with E-state index in [-0.39, 0.29) is 12.0 Å². The minimum absolute atomic E-state index is 0.115. The highest BCUT2D eigenvalue weighted by Gasteiger charge is 2.19. The van der Waals surface area contributed by atoms with Crippen LogP contribution in [0.1, 0.15) is 28.8 Å². The lowest BCUT2D eigenvalue weighted by molar-refractivity contribution is 0.0940. The predicted octanol–water partition coefficient (Wildman–Crippen LogP) is 1.58. The third-order valence-electron chi connectivity index (χ3n) is 4.03. The van der Waals surface area contributed by atoms with Gasteiger partial charge in [0.15, 0.2) is 0 Å². The van der Waals surface area contributed by atoms with Crippen molar-refractivity contribution in [2.24, 2.45) is 0 Å². The zero-order valence-corrected chi connectivity index (χ0v) is 13.6. The summed E-state index contributed by atoms with van der Waals surface area (Å²) in [6, 6.07) is 7.40. The molecule has 2 aromatic rings. The molecule has 3 rings (SSSR count). The van der Waals surface area contributed by atoms with Crippen molar-refractivity contribution in [3.05, 3.63) is 54.0 Å². The molecule has 1 aliphatic rings. The van der Waals surface area contributed by atoms with E-state index in [1.807, 2.05) is 12.1 Å². The quantitative estimate of drug-likeness (QED) is 0.843. The molecule has 0 atom stereocenters. The second-order valence-electron chi connectivity index (χ2n) is 5.78. The summed E-state index contributed by atoms with van der Waals surface area (Å²) in [4.78, 5) is 20.7.